The van der Waals surface area contributed by atoms with Crippen molar-refractivity contribution in [2.24, 2.45) is 0 Å². The Balaban J connectivity index is 1.54. The molecule has 7 rings (SSSR count). The number of rotatable bonds is 3. The lowest BCUT2D eigenvalue weighted by Crippen LogP contribution is -2.14. The largest absolute Gasteiger partial charge is 0.0619 e. The molecule has 0 amide bonds. The van der Waals surface area contributed by atoms with Crippen molar-refractivity contribution >= 4 is 21.5 Å². The summed E-state index contributed by atoms with van der Waals surface area (Å²) < 4.78 is 0. The molecule has 0 fully saturated rings. The van der Waals surface area contributed by atoms with Crippen LogP contribution in [0.25, 0.3) is 54.9 Å². The van der Waals surface area contributed by atoms with Gasteiger partial charge in [0.05, 0.1) is 0 Å². The highest BCUT2D eigenvalue weighted by Gasteiger charge is 2.35. The molecule has 0 atom stereocenters. The third kappa shape index (κ3) is 3.22. The van der Waals surface area contributed by atoms with Crippen molar-refractivity contribution in [2.75, 3.05) is 0 Å². The van der Waals surface area contributed by atoms with E-state index in [-0.39, 0.29) is 5.41 Å². The molecular weight excluding hydrogens is 444 g/mol. The monoisotopic (exact) mass is 474 g/mol. The van der Waals surface area contributed by atoms with Gasteiger partial charge in [0.1, 0.15) is 0 Å². The van der Waals surface area contributed by atoms with Gasteiger partial charge >= 0.3 is 0 Å². The van der Waals surface area contributed by atoms with Gasteiger partial charge in [0, 0.05) is 5.41 Å². The fourth-order valence-electron chi connectivity index (χ4n) is 6.52. The highest BCUT2D eigenvalue weighted by molar-refractivity contribution is 6.21. The van der Waals surface area contributed by atoms with Crippen LogP contribution in [0.5, 0.6) is 0 Å². The quantitative estimate of drug-likeness (QED) is 0.224. The van der Waals surface area contributed by atoms with Crippen LogP contribution in [-0.2, 0) is 11.8 Å². The van der Waals surface area contributed by atoms with Gasteiger partial charge in [-0.1, -0.05) is 130 Å². The highest BCUT2D eigenvalue weighted by atomic mass is 14.4. The van der Waals surface area contributed by atoms with E-state index in [9.17, 15) is 0 Å². The standard InChI is InChI=1S/C37H30/c1-4-24-17-19-25(20-18-24)35-29-12-5-7-14-31(29)36(32-15-8-6-13-30(32)35)26-21-22-28-27-11-9-10-16-33(27)37(2,3)34(28)23-26/h5-23H,4H2,1-3H3. The van der Waals surface area contributed by atoms with E-state index >= 15 is 0 Å². The summed E-state index contributed by atoms with van der Waals surface area (Å²) in [6.07, 6.45) is 1.05. The van der Waals surface area contributed by atoms with Gasteiger partial charge in [-0.15, -0.1) is 0 Å². The van der Waals surface area contributed by atoms with Gasteiger partial charge in [-0.05, 0) is 84.1 Å². The maximum Gasteiger partial charge on any atom is 0.0159 e. The Bertz CT molecular complexity index is 1760. The van der Waals surface area contributed by atoms with Crippen LogP contribution in [0.3, 0.4) is 0 Å². The molecule has 6 aromatic carbocycles. The number of hydrogen-bond acceptors (Lipinski definition) is 0. The summed E-state index contributed by atoms with van der Waals surface area (Å²) in [7, 11) is 0. The zero-order chi connectivity index (χ0) is 25.1. The van der Waals surface area contributed by atoms with E-state index < -0.39 is 0 Å². The van der Waals surface area contributed by atoms with E-state index in [1.165, 1.54) is 71.6 Å². The van der Waals surface area contributed by atoms with Crippen LogP contribution >= 0.6 is 0 Å². The number of hydrogen-bond donors (Lipinski definition) is 0. The highest BCUT2D eigenvalue weighted by Crippen LogP contribution is 2.51. The molecule has 0 aromatic heterocycles. The molecule has 0 nitrogen and oxygen atoms in total. The first-order chi connectivity index (χ1) is 18.1. The van der Waals surface area contributed by atoms with Crippen LogP contribution in [0, 0.1) is 0 Å². The average molecular weight is 475 g/mol. The maximum atomic E-state index is 2.46. The first-order valence-corrected chi connectivity index (χ1v) is 13.4. The molecule has 1 aliphatic carbocycles. The zero-order valence-corrected chi connectivity index (χ0v) is 21.7. The first kappa shape index (κ1) is 22.1. The molecule has 0 N–H and O–H groups in total. The molecular formula is C37H30. The summed E-state index contributed by atoms with van der Waals surface area (Å²) >= 11 is 0. The van der Waals surface area contributed by atoms with Gasteiger partial charge in [-0.3, -0.25) is 0 Å². The molecule has 0 bridgehead atoms. The van der Waals surface area contributed by atoms with Crippen molar-refractivity contribution < 1.29 is 0 Å². The van der Waals surface area contributed by atoms with Crippen LogP contribution in [0.15, 0.2) is 115 Å². The normalized spacial score (nSPS) is 13.6. The van der Waals surface area contributed by atoms with Gasteiger partial charge < -0.3 is 0 Å². The van der Waals surface area contributed by atoms with Crippen molar-refractivity contribution in [1.82, 2.24) is 0 Å². The van der Waals surface area contributed by atoms with Crippen LogP contribution in [0.4, 0.5) is 0 Å². The van der Waals surface area contributed by atoms with Gasteiger partial charge in [-0.2, -0.15) is 0 Å². The summed E-state index contributed by atoms with van der Waals surface area (Å²) in [6.45, 7) is 6.94. The second-order valence-electron chi connectivity index (χ2n) is 10.8. The first-order valence-electron chi connectivity index (χ1n) is 13.4. The smallest absolute Gasteiger partial charge is 0.0159 e. The molecule has 0 saturated carbocycles. The number of aryl methyl sites for hydroxylation is 1. The lowest BCUT2D eigenvalue weighted by molar-refractivity contribution is 0.660. The Kier molecular flexibility index (Phi) is 4.88. The molecule has 1 aliphatic rings. The summed E-state index contributed by atoms with van der Waals surface area (Å²) in [6, 6.07) is 43.0. The molecule has 0 heterocycles. The third-order valence-corrected chi connectivity index (χ3v) is 8.45. The Labute approximate surface area is 219 Å². The van der Waals surface area contributed by atoms with Crippen LogP contribution < -0.4 is 0 Å². The molecule has 0 aliphatic heterocycles. The average Bonchev–Trinajstić information content (AvgIpc) is 3.18. The van der Waals surface area contributed by atoms with Crippen LogP contribution in [-0.4, -0.2) is 0 Å². The van der Waals surface area contributed by atoms with Crippen LogP contribution in [0.1, 0.15) is 37.5 Å². The van der Waals surface area contributed by atoms with Crippen molar-refractivity contribution in [3.8, 4) is 33.4 Å². The second-order valence-corrected chi connectivity index (χ2v) is 10.8. The second kappa shape index (κ2) is 8.18. The van der Waals surface area contributed by atoms with Crippen molar-refractivity contribution in [1.29, 1.82) is 0 Å². The van der Waals surface area contributed by atoms with E-state index in [1.807, 2.05) is 0 Å². The van der Waals surface area contributed by atoms with E-state index in [1.54, 1.807) is 0 Å². The van der Waals surface area contributed by atoms with Crippen molar-refractivity contribution in [3.05, 3.63) is 132 Å². The molecule has 0 saturated heterocycles. The molecule has 178 valence electrons. The van der Waals surface area contributed by atoms with Crippen LogP contribution in [0.2, 0.25) is 0 Å². The third-order valence-electron chi connectivity index (χ3n) is 8.45. The van der Waals surface area contributed by atoms with E-state index in [2.05, 4.69) is 136 Å². The summed E-state index contributed by atoms with van der Waals surface area (Å²) in [5.74, 6) is 0. The van der Waals surface area contributed by atoms with Crippen molar-refractivity contribution in [2.45, 2.75) is 32.6 Å². The summed E-state index contributed by atoms with van der Waals surface area (Å²) in [4.78, 5) is 0. The molecule has 0 heteroatoms. The van der Waals surface area contributed by atoms with Gasteiger partial charge in [0.2, 0.25) is 0 Å². The van der Waals surface area contributed by atoms with E-state index in [0.717, 1.165) is 6.42 Å². The fraction of sp³-hybridized carbons (Fsp3) is 0.135. The Hall–Kier alpha value is -4.16. The Morgan fingerprint density at radius 1 is 0.486 bits per heavy atom. The van der Waals surface area contributed by atoms with Gasteiger partial charge in [-0.25, -0.2) is 0 Å². The van der Waals surface area contributed by atoms with Gasteiger partial charge in [0.25, 0.3) is 0 Å². The van der Waals surface area contributed by atoms with E-state index in [0.29, 0.717) is 0 Å². The fourth-order valence-corrected chi connectivity index (χ4v) is 6.52. The maximum absolute atomic E-state index is 2.46. The topological polar surface area (TPSA) is 0 Å². The SMILES string of the molecule is CCc1ccc(-c2c3ccccc3c(-c3ccc4c(c3)C(C)(C)c3ccccc3-4)c3ccccc23)cc1. The lowest BCUT2D eigenvalue weighted by atomic mass is 9.80. The molecule has 0 spiro atoms. The molecule has 0 radical (unpaired) electrons. The minimum atomic E-state index is -0.0193. The Morgan fingerprint density at radius 3 is 1.57 bits per heavy atom. The predicted molar refractivity (Wildman–Crippen MR) is 159 cm³/mol. The predicted octanol–water partition coefficient (Wildman–Crippen LogP) is 10.2. The lowest BCUT2D eigenvalue weighted by Gasteiger charge is -2.23. The minimum Gasteiger partial charge on any atom is -0.0619 e. The van der Waals surface area contributed by atoms with Crippen molar-refractivity contribution in [3.63, 3.8) is 0 Å². The number of fused-ring (bicyclic) bond motifs is 5. The minimum absolute atomic E-state index is 0.0193. The molecule has 37 heavy (non-hydrogen) atoms. The van der Waals surface area contributed by atoms with Gasteiger partial charge in [0.15, 0.2) is 0 Å². The molecule has 6 aromatic rings. The van der Waals surface area contributed by atoms with E-state index in [4.69, 9.17) is 0 Å². The summed E-state index contributed by atoms with van der Waals surface area (Å²) in [5.41, 5.74) is 12.1. The Morgan fingerprint density at radius 2 is 0.973 bits per heavy atom. The zero-order valence-electron chi connectivity index (χ0n) is 21.7. The summed E-state index contributed by atoms with van der Waals surface area (Å²) in [5, 5.41) is 5.24. The number of benzene rings is 6. The molecule has 0 unspecified atom stereocenters.